The Bertz CT molecular complexity index is 398. The van der Waals surface area contributed by atoms with Gasteiger partial charge in [-0.15, -0.1) is 0 Å². The Hall–Kier alpha value is -1.46. The van der Waals surface area contributed by atoms with E-state index in [2.05, 4.69) is 5.32 Å². The third kappa shape index (κ3) is 6.31. The molecule has 0 spiro atoms. The van der Waals surface area contributed by atoms with E-state index in [1.807, 2.05) is 0 Å². The van der Waals surface area contributed by atoms with E-state index >= 15 is 0 Å². The molecule has 5 heteroatoms. The molecule has 1 aromatic rings. The summed E-state index contributed by atoms with van der Waals surface area (Å²) in [6.45, 7) is 3.09. The second-order valence-electron chi connectivity index (χ2n) is 4.18. The Morgan fingerprint density at radius 2 is 2.32 bits per heavy atom. The van der Waals surface area contributed by atoms with Gasteiger partial charge >= 0.3 is 5.97 Å². The van der Waals surface area contributed by atoms with Gasteiger partial charge in [-0.25, -0.2) is 4.39 Å². The number of benzene rings is 1. The van der Waals surface area contributed by atoms with Crippen molar-refractivity contribution < 1.29 is 19.0 Å². The summed E-state index contributed by atoms with van der Waals surface area (Å²) in [6.07, 6.45) is 0.254. The molecule has 4 nitrogen and oxygen atoms in total. The number of nitrogens with one attached hydrogen (secondary N) is 1. The maximum Gasteiger partial charge on any atom is 0.305 e. The first-order valence-corrected chi connectivity index (χ1v) is 6.43. The first kappa shape index (κ1) is 15.6. The summed E-state index contributed by atoms with van der Waals surface area (Å²) in [6, 6.07) is 5.89. The number of hydrogen-bond acceptors (Lipinski definition) is 4. The Labute approximate surface area is 112 Å². The van der Waals surface area contributed by atoms with Gasteiger partial charge in [0.25, 0.3) is 0 Å². The Kier molecular flexibility index (Phi) is 7.07. The van der Waals surface area contributed by atoms with Crippen molar-refractivity contribution in [2.45, 2.75) is 25.9 Å². The van der Waals surface area contributed by atoms with Crippen molar-refractivity contribution in [1.82, 2.24) is 5.32 Å². The van der Waals surface area contributed by atoms with E-state index in [-0.39, 0.29) is 11.8 Å². The average molecular weight is 269 g/mol. The number of aliphatic hydroxyl groups is 1. The lowest BCUT2D eigenvalue weighted by atomic mass is 10.1. The fourth-order valence-corrected chi connectivity index (χ4v) is 1.66. The summed E-state index contributed by atoms with van der Waals surface area (Å²) < 4.78 is 17.7. The molecule has 1 rings (SSSR count). The molecule has 0 aromatic heterocycles. The zero-order valence-electron chi connectivity index (χ0n) is 11.1. The Balaban J connectivity index is 2.17. The maximum absolute atomic E-state index is 12.9. The highest BCUT2D eigenvalue weighted by Gasteiger charge is 2.07. The number of carbonyl (C=O) groups is 1. The number of rotatable bonds is 8. The number of halogens is 1. The van der Waals surface area contributed by atoms with Crippen molar-refractivity contribution >= 4 is 5.97 Å². The predicted octanol–water partition coefficient (Wildman–Crippen LogP) is 1.79. The van der Waals surface area contributed by atoms with Gasteiger partial charge < -0.3 is 15.2 Å². The van der Waals surface area contributed by atoms with Gasteiger partial charge in [-0.3, -0.25) is 4.79 Å². The summed E-state index contributed by atoms with van der Waals surface area (Å²) in [5.41, 5.74) is 0.540. The topological polar surface area (TPSA) is 58.6 Å². The van der Waals surface area contributed by atoms with Gasteiger partial charge in [-0.1, -0.05) is 12.1 Å². The molecule has 0 aliphatic heterocycles. The molecule has 0 radical (unpaired) electrons. The van der Waals surface area contributed by atoms with Crippen LogP contribution in [0.2, 0.25) is 0 Å². The number of esters is 1. The molecule has 1 aromatic carbocycles. The van der Waals surface area contributed by atoms with E-state index < -0.39 is 6.10 Å². The van der Waals surface area contributed by atoms with Crippen molar-refractivity contribution in [2.75, 3.05) is 19.7 Å². The van der Waals surface area contributed by atoms with Crippen molar-refractivity contribution in [3.8, 4) is 0 Å². The van der Waals surface area contributed by atoms with E-state index in [0.29, 0.717) is 38.1 Å². The highest BCUT2D eigenvalue weighted by Crippen LogP contribution is 2.12. The van der Waals surface area contributed by atoms with Gasteiger partial charge in [0.2, 0.25) is 0 Å². The maximum atomic E-state index is 12.9. The van der Waals surface area contributed by atoms with Gasteiger partial charge in [-0.2, -0.15) is 0 Å². The lowest BCUT2D eigenvalue weighted by Crippen LogP contribution is -2.23. The molecule has 0 amide bonds. The molecule has 0 aliphatic carbocycles. The summed E-state index contributed by atoms with van der Waals surface area (Å²) in [5.74, 6) is -0.575. The fourth-order valence-electron chi connectivity index (χ4n) is 1.66. The van der Waals surface area contributed by atoms with Crippen LogP contribution in [0.1, 0.15) is 31.4 Å². The number of hydrogen-bond donors (Lipinski definition) is 2. The zero-order valence-corrected chi connectivity index (χ0v) is 11.1. The Morgan fingerprint density at radius 3 is 3.00 bits per heavy atom. The van der Waals surface area contributed by atoms with Crippen molar-refractivity contribution in [2.24, 2.45) is 0 Å². The molecule has 0 heterocycles. The minimum Gasteiger partial charge on any atom is -0.466 e. The van der Waals surface area contributed by atoms with Gasteiger partial charge in [0.1, 0.15) is 5.82 Å². The molecule has 1 unspecified atom stereocenters. The first-order valence-electron chi connectivity index (χ1n) is 6.43. The number of ether oxygens (including phenoxy) is 1. The van der Waals surface area contributed by atoms with E-state index in [0.717, 1.165) is 0 Å². The van der Waals surface area contributed by atoms with Crippen LogP contribution in [0.4, 0.5) is 4.39 Å². The first-order chi connectivity index (χ1) is 9.13. The largest absolute Gasteiger partial charge is 0.466 e. The van der Waals surface area contributed by atoms with Gasteiger partial charge in [0, 0.05) is 13.0 Å². The van der Waals surface area contributed by atoms with Gasteiger partial charge in [0.15, 0.2) is 0 Å². The molecule has 0 saturated carbocycles. The second kappa shape index (κ2) is 8.61. The normalized spacial score (nSPS) is 12.2. The molecule has 0 bridgehead atoms. The minimum atomic E-state index is -0.752. The lowest BCUT2D eigenvalue weighted by molar-refractivity contribution is -0.143. The molecular weight excluding hydrogens is 249 g/mol. The van der Waals surface area contributed by atoms with Crippen molar-refractivity contribution in [1.29, 1.82) is 0 Å². The molecule has 2 N–H and O–H groups in total. The van der Waals surface area contributed by atoms with Crippen LogP contribution in [0.15, 0.2) is 24.3 Å². The monoisotopic (exact) mass is 269 g/mol. The van der Waals surface area contributed by atoms with Crippen LogP contribution < -0.4 is 5.32 Å². The van der Waals surface area contributed by atoms with E-state index in [4.69, 9.17) is 4.74 Å². The van der Waals surface area contributed by atoms with Crippen molar-refractivity contribution in [3.05, 3.63) is 35.6 Å². The SMILES string of the molecule is CCOC(=O)CCCNCC(O)c1cccc(F)c1. The van der Waals surface area contributed by atoms with Crippen LogP contribution in [0.3, 0.4) is 0 Å². The van der Waals surface area contributed by atoms with Crippen LogP contribution in [0.25, 0.3) is 0 Å². The Morgan fingerprint density at radius 1 is 1.53 bits per heavy atom. The molecule has 0 aliphatic rings. The molecule has 0 fully saturated rings. The molecular formula is C14H20FNO3. The zero-order chi connectivity index (χ0) is 14.1. The third-order valence-electron chi connectivity index (χ3n) is 2.61. The molecule has 1 atom stereocenters. The van der Waals surface area contributed by atoms with Crippen LogP contribution in [-0.2, 0) is 9.53 Å². The second-order valence-corrected chi connectivity index (χ2v) is 4.18. The highest BCUT2D eigenvalue weighted by atomic mass is 19.1. The lowest BCUT2D eigenvalue weighted by Gasteiger charge is -2.12. The highest BCUT2D eigenvalue weighted by molar-refractivity contribution is 5.69. The third-order valence-corrected chi connectivity index (χ3v) is 2.61. The van der Waals surface area contributed by atoms with E-state index in [1.54, 1.807) is 19.1 Å². The van der Waals surface area contributed by atoms with Crippen LogP contribution in [0, 0.1) is 5.82 Å². The van der Waals surface area contributed by atoms with Crippen molar-refractivity contribution in [3.63, 3.8) is 0 Å². The molecule has 19 heavy (non-hydrogen) atoms. The summed E-state index contributed by atoms with van der Waals surface area (Å²) in [5, 5.41) is 12.8. The van der Waals surface area contributed by atoms with E-state index in [1.165, 1.54) is 12.1 Å². The van der Waals surface area contributed by atoms with Crippen LogP contribution >= 0.6 is 0 Å². The van der Waals surface area contributed by atoms with E-state index in [9.17, 15) is 14.3 Å². The summed E-state index contributed by atoms with van der Waals surface area (Å²) >= 11 is 0. The van der Waals surface area contributed by atoms with Gasteiger partial charge in [0.05, 0.1) is 12.7 Å². The standard InChI is InChI=1S/C14H20FNO3/c1-2-19-14(18)7-4-8-16-10-13(17)11-5-3-6-12(15)9-11/h3,5-6,9,13,16-17H,2,4,7-8,10H2,1H3. The summed E-state index contributed by atoms with van der Waals surface area (Å²) in [7, 11) is 0. The average Bonchev–Trinajstić information content (AvgIpc) is 2.38. The fraction of sp³-hybridized carbons (Fsp3) is 0.500. The van der Waals surface area contributed by atoms with Crippen LogP contribution in [-0.4, -0.2) is 30.8 Å². The van der Waals surface area contributed by atoms with Crippen LogP contribution in [0.5, 0.6) is 0 Å². The smallest absolute Gasteiger partial charge is 0.305 e. The minimum absolute atomic E-state index is 0.213. The predicted molar refractivity (Wildman–Crippen MR) is 70.1 cm³/mol. The quantitative estimate of drug-likeness (QED) is 0.558. The van der Waals surface area contributed by atoms with Gasteiger partial charge in [-0.05, 0) is 37.6 Å². The molecule has 0 saturated heterocycles. The molecule has 106 valence electrons. The summed E-state index contributed by atoms with van der Waals surface area (Å²) in [4.78, 5) is 11.1. The number of aliphatic hydroxyl groups excluding tert-OH is 1. The number of carbonyl (C=O) groups excluding carboxylic acids is 1.